The number of benzene rings is 2. The summed E-state index contributed by atoms with van der Waals surface area (Å²) >= 11 is 0. The van der Waals surface area contributed by atoms with Crippen LogP contribution in [0.5, 0.6) is 0 Å². The van der Waals surface area contributed by atoms with E-state index in [1.54, 1.807) is 0 Å². The zero-order valence-corrected chi connectivity index (χ0v) is 10.7. The van der Waals surface area contributed by atoms with Crippen molar-refractivity contribution in [3.63, 3.8) is 0 Å². The summed E-state index contributed by atoms with van der Waals surface area (Å²) in [6, 6.07) is 13.1. The van der Waals surface area contributed by atoms with Crippen molar-refractivity contribution in [2.24, 2.45) is 5.73 Å². The zero-order valence-electron chi connectivity index (χ0n) is 10.7. The lowest BCUT2D eigenvalue weighted by atomic mass is 9.96. The van der Waals surface area contributed by atoms with Crippen molar-refractivity contribution in [2.75, 3.05) is 0 Å². The van der Waals surface area contributed by atoms with Gasteiger partial charge in [0.15, 0.2) is 0 Å². The molecule has 0 unspecified atom stereocenters. The molecule has 0 fully saturated rings. The minimum Gasteiger partial charge on any atom is -0.326 e. The van der Waals surface area contributed by atoms with Crippen molar-refractivity contribution in [2.45, 2.75) is 27.3 Å². The van der Waals surface area contributed by atoms with Gasteiger partial charge >= 0.3 is 0 Å². The highest BCUT2D eigenvalue weighted by Gasteiger charge is 2.03. The van der Waals surface area contributed by atoms with Gasteiger partial charge in [0.25, 0.3) is 0 Å². The standard InChI is InChI=1S/C16H19N/c1-11-6-12(2)8-15(7-11)16-5-4-14(10-17)9-13(16)3/h4-9H,10,17H2,1-3H3. The highest BCUT2D eigenvalue weighted by Crippen LogP contribution is 2.26. The van der Waals surface area contributed by atoms with Gasteiger partial charge in [-0.15, -0.1) is 0 Å². The second-order valence-corrected chi connectivity index (χ2v) is 4.73. The molecule has 0 aromatic heterocycles. The van der Waals surface area contributed by atoms with Crippen molar-refractivity contribution in [3.8, 4) is 11.1 Å². The fourth-order valence-corrected chi connectivity index (χ4v) is 2.31. The van der Waals surface area contributed by atoms with Gasteiger partial charge in [-0.05, 0) is 43.0 Å². The average Bonchev–Trinajstić information content (AvgIpc) is 2.27. The Labute approximate surface area is 103 Å². The maximum absolute atomic E-state index is 5.66. The van der Waals surface area contributed by atoms with Crippen LogP contribution in [0, 0.1) is 20.8 Å². The predicted octanol–water partition coefficient (Wildman–Crippen LogP) is 3.74. The summed E-state index contributed by atoms with van der Waals surface area (Å²) in [6.45, 7) is 7.03. The summed E-state index contributed by atoms with van der Waals surface area (Å²) in [5.41, 5.74) is 13.3. The lowest BCUT2D eigenvalue weighted by Crippen LogP contribution is -1.97. The van der Waals surface area contributed by atoms with E-state index in [2.05, 4.69) is 57.2 Å². The second kappa shape index (κ2) is 4.72. The normalized spacial score (nSPS) is 10.6. The first kappa shape index (κ1) is 11.9. The average molecular weight is 225 g/mol. The molecule has 0 heterocycles. The third-order valence-electron chi connectivity index (χ3n) is 3.06. The Morgan fingerprint density at radius 2 is 1.53 bits per heavy atom. The molecule has 88 valence electrons. The lowest BCUT2D eigenvalue weighted by Gasteiger charge is -2.10. The monoisotopic (exact) mass is 225 g/mol. The number of rotatable bonds is 2. The minimum absolute atomic E-state index is 0.605. The van der Waals surface area contributed by atoms with Gasteiger partial charge in [0.2, 0.25) is 0 Å². The van der Waals surface area contributed by atoms with Gasteiger partial charge in [0.1, 0.15) is 0 Å². The summed E-state index contributed by atoms with van der Waals surface area (Å²) < 4.78 is 0. The predicted molar refractivity (Wildman–Crippen MR) is 74.0 cm³/mol. The molecule has 2 aromatic rings. The molecule has 2 rings (SSSR count). The molecule has 2 N–H and O–H groups in total. The first-order chi connectivity index (χ1) is 8.10. The van der Waals surface area contributed by atoms with Gasteiger partial charge in [0, 0.05) is 6.54 Å². The molecule has 0 bridgehead atoms. The van der Waals surface area contributed by atoms with Gasteiger partial charge in [-0.2, -0.15) is 0 Å². The number of hydrogen-bond acceptors (Lipinski definition) is 1. The molecular formula is C16H19N. The number of aryl methyl sites for hydroxylation is 3. The van der Waals surface area contributed by atoms with Crippen LogP contribution < -0.4 is 5.73 Å². The van der Waals surface area contributed by atoms with Crippen LogP contribution in [-0.4, -0.2) is 0 Å². The molecule has 2 aromatic carbocycles. The minimum atomic E-state index is 0.605. The van der Waals surface area contributed by atoms with Crippen LogP contribution >= 0.6 is 0 Å². The third kappa shape index (κ3) is 2.56. The van der Waals surface area contributed by atoms with Crippen LogP contribution in [0.2, 0.25) is 0 Å². The highest BCUT2D eigenvalue weighted by atomic mass is 14.5. The summed E-state index contributed by atoms with van der Waals surface area (Å²) in [6.07, 6.45) is 0. The first-order valence-electron chi connectivity index (χ1n) is 5.98. The summed E-state index contributed by atoms with van der Waals surface area (Å²) in [5.74, 6) is 0. The smallest absolute Gasteiger partial charge is 0.0178 e. The van der Waals surface area contributed by atoms with Crippen LogP contribution in [0.3, 0.4) is 0 Å². The van der Waals surface area contributed by atoms with Crippen LogP contribution in [0.15, 0.2) is 36.4 Å². The van der Waals surface area contributed by atoms with E-state index in [1.807, 2.05) is 0 Å². The van der Waals surface area contributed by atoms with Crippen LogP contribution in [0.4, 0.5) is 0 Å². The van der Waals surface area contributed by atoms with E-state index >= 15 is 0 Å². The molecular weight excluding hydrogens is 206 g/mol. The van der Waals surface area contributed by atoms with Gasteiger partial charge in [-0.3, -0.25) is 0 Å². The molecule has 0 radical (unpaired) electrons. The van der Waals surface area contributed by atoms with Crippen molar-refractivity contribution < 1.29 is 0 Å². The summed E-state index contributed by atoms with van der Waals surface area (Å²) in [5, 5.41) is 0. The van der Waals surface area contributed by atoms with Gasteiger partial charge in [-0.1, -0.05) is 47.5 Å². The molecule has 0 saturated heterocycles. The van der Waals surface area contributed by atoms with E-state index < -0.39 is 0 Å². The highest BCUT2D eigenvalue weighted by molar-refractivity contribution is 5.69. The topological polar surface area (TPSA) is 26.0 Å². The van der Waals surface area contributed by atoms with E-state index in [9.17, 15) is 0 Å². The van der Waals surface area contributed by atoms with Gasteiger partial charge < -0.3 is 5.73 Å². The van der Waals surface area contributed by atoms with E-state index in [1.165, 1.54) is 33.4 Å². The number of nitrogens with two attached hydrogens (primary N) is 1. The molecule has 0 aliphatic heterocycles. The maximum Gasteiger partial charge on any atom is 0.0178 e. The number of hydrogen-bond donors (Lipinski definition) is 1. The Morgan fingerprint density at radius 1 is 0.882 bits per heavy atom. The Hall–Kier alpha value is -1.60. The summed E-state index contributed by atoms with van der Waals surface area (Å²) in [4.78, 5) is 0. The Bertz CT molecular complexity index is 521. The molecule has 0 spiro atoms. The molecule has 17 heavy (non-hydrogen) atoms. The first-order valence-corrected chi connectivity index (χ1v) is 5.98. The van der Waals surface area contributed by atoms with E-state index in [0.29, 0.717) is 6.54 Å². The van der Waals surface area contributed by atoms with Crippen LogP contribution in [0.25, 0.3) is 11.1 Å². The van der Waals surface area contributed by atoms with Crippen LogP contribution in [-0.2, 0) is 6.54 Å². The molecule has 0 saturated carbocycles. The quantitative estimate of drug-likeness (QED) is 0.828. The van der Waals surface area contributed by atoms with Crippen molar-refractivity contribution >= 4 is 0 Å². The van der Waals surface area contributed by atoms with Gasteiger partial charge in [-0.25, -0.2) is 0 Å². The molecule has 0 aliphatic rings. The van der Waals surface area contributed by atoms with E-state index in [4.69, 9.17) is 5.73 Å². The van der Waals surface area contributed by atoms with Crippen molar-refractivity contribution in [1.82, 2.24) is 0 Å². The molecule has 0 atom stereocenters. The Balaban J connectivity index is 2.52. The SMILES string of the molecule is Cc1cc(C)cc(-c2ccc(CN)cc2C)c1. The fraction of sp³-hybridized carbons (Fsp3) is 0.250. The van der Waals surface area contributed by atoms with Gasteiger partial charge in [0.05, 0.1) is 0 Å². The molecule has 1 heteroatoms. The fourth-order valence-electron chi connectivity index (χ4n) is 2.31. The Kier molecular flexibility index (Phi) is 3.30. The zero-order chi connectivity index (χ0) is 12.4. The van der Waals surface area contributed by atoms with Crippen LogP contribution in [0.1, 0.15) is 22.3 Å². The lowest BCUT2D eigenvalue weighted by molar-refractivity contribution is 1.07. The van der Waals surface area contributed by atoms with E-state index in [0.717, 1.165) is 0 Å². The Morgan fingerprint density at radius 3 is 2.06 bits per heavy atom. The van der Waals surface area contributed by atoms with Crippen molar-refractivity contribution in [1.29, 1.82) is 0 Å². The van der Waals surface area contributed by atoms with E-state index in [-0.39, 0.29) is 0 Å². The molecule has 0 aliphatic carbocycles. The molecule has 1 nitrogen and oxygen atoms in total. The largest absolute Gasteiger partial charge is 0.326 e. The third-order valence-corrected chi connectivity index (χ3v) is 3.06. The maximum atomic E-state index is 5.66. The summed E-state index contributed by atoms with van der Waals surface area (Å²) in [7, 11) is 0. The molecule has 0 amide bonds. The second-order valence-electron chi connectivity index (χ2n) is 4.73. The van der Waals surface area contributed by atoms with Crippen molar-refractivity contribution in [3.05, 3.63) is 58.7 Å².